The second-order valence-electron chi connectivity index (χ2n) is 7.18. The maximum absolute atomic E-state index is 13.1. The van der Waals surface area contributed by atoms with E-state index in [1.54, 1.807) is 41.1 Å². The van der Waals surface area contributed by atoms with Gasteiger partial charge in [-0.25, -0.2) is 0 Å². The highest BCUT2D eigenvalue weighted by atomic mass is 16.2. The number of likely N-dealkylation sites (N-methyl/N-ethyl adjacent to an activating group) is 2. The molecule has 2 aromatic rings. The van der Waals surface area contributed by atoms with Gasteiger partial charge in [0.25, 0.3) is 5.91 Å². The third-order valence-electron chi connectivity index (χ3n) is 5.14. The number of hydrogen-bond donors (Lipinski definition) is 0. The highest BCUT2D eigenvalue weighted by Gasteiger charge is 2.21. The van der Waals surface area contributed by atoms with E-state index in [2.05, 4.69) is 24.8 Å². The van der Waals surface area contributed by atoms with Gasteiger partial charge in [-0.15, -0.1) is 0 Å². The largest absolute Gasteiger partial charge is 0.340 e. The van der Waals surface area contributed by atoms with Gasteiger partial charge in [-0.1, -0.05) is 44.2 Å². The molecular weight excluding hydrogens is 376 g/mol. The summed E-state index contributed by atoms with van der Waals surface area (Å²) in [4.78, 5) is 31.4. The Bertz CT molecular complexity index is 855. The summed E-state index contributed by atoms with van der Waals surface area (Å²) in [6, 6.07) is 18.4. The number of amides is 2. The van der Waals surface area contributed by atoms with Crippen LogP contribution in [0.15, 0.2) is 54.6 Å². The number of hydrogen-bond acceptors (Lipinski definition) is 4. The van der Waals surface area contributed by atoms with Crippen LogP contribution >= 0.6 is 0 Å². The molecule has 0 saturated heterocycles. The van der Waals surface area contributed by atoms with E-state index in [4.69, 9.17) is 5.26 Å². The summed E-state index contributed by atoms with van der Waals surface area (Å²) < 4.78 is 0. The summed E-state index contributed by atoms with van der Waals surface area (Å²) in [5.74, 6) is -0.312. The van der Waals surface area contributed by atoms with Crippen LogP contribution < -0.4 is 0 Å². The molecule has 0 aliphatic heterocycles. The van der Waals surface area contributed by atoms with Crippen molar-refractivity contribution in [1.82, 2.24) is 14.7 Å². The van der Waals surface area contributed by atoms with Crippen molar-refractivity contribution in [3.63, 3.8) is 0 Å². The number of carbonyl (C=O) groups is 2. The van der Waals surface area contributed by atoms with E-state index >= 15 is 0 Å². The fourth-order valence-electron chi connectivity index (χ4n) is 3.15. The third-order valence-corrected chi connectivity index (χ3v) is 5.14. The number of carbonyl (C=O) groups excluding carboxylic acids is 2. The highest BCUT2D eigenvalue weighted by molar-refractivity contribution is 5.96. The van der Waals surface area contributed by atoms with Crippen molar-refractivity contribution in [2.45, 2.75) is 20.4 Å². The van der Waals surface area contributed by atoms with Gasteiger partial charge >= 0.3 is 0 Å². The first-order valence-corrected chi connectivity index (χ1v) is 10.3. The zero-order valence-corrected chi connectivity index (χ0v) is 18.0. The normalized spacial score (nSPS) is 10.5. The van der Waals surface area contributed by atoms with Gasteiger partial charge in [0.2, 0.25) is 5.91 Å². The summed E-state index contributed by atoms with van der Waals surface area (Å²) >= 11 is 0. The smallest absolute Gasteiger partial charge is 0.254 e. The second kappa shape index (κ2) is 11.7. The second-order valence-corrected chi connectivity index (χ2v) is 7.18. The Labute approximate surface area is 179 Å². The molecular formula is C24H30N4O2. The molecule has 0 N–H and O–H groups in total. The molecule has 0 aromatic heterocycles. The zero-order valence-electron chi connectivity index (χ0n) is 18.0. The van der Waals surface area contributed by atoms with Crippen LogP contribution in [0, 0.1) is 11.3 Å². The van der Waals surface area contributed by atoms with Gasteiger partial charge in [-0.2, -0.15) is 5.26 Å². The SMILES string of the molecule is CCN(CC)CCN(CC(=O)N(C)Cc1ccccc1)C(=O)c1ccc(C#N)cc1. The molecule has 0 aliphatic carbocycles. The Morgan fingerprint density at radius 1 is 0.933 bits per heavy atom. The first-order chi connectivity index (χ1) is 14.5. The van der Waals surface area contributed by atoms with Crippen LogP contribution in [0.4, 0.5) is 0 Å². The number of benzene rings is 2. The Morgan fingerprint density at radius 2 is 1.57 bits per heavy atom. The van der Waals surface area contributed by atoms with Gasteiger partial charge in [0, 0.05) is 32.2 Å². The van der Waals surface area contributed by atoms with Crippen LogP contribution in [-0.2, 0) is 11.3 Å². The lowest BCUT2D eigenvalue weighted by Gasteiger charge is -2.28. The van der Waals surface area contributed by atoms with E-state index in [9.17, 15) is 9.59 Å². The monoisotopic (exact) mass is 406 g/mol. The first kappa shape index (κ1) is 23.1. The minimum absolute atomic E-state index is 0.0173. The van der Waals surface area contributed by atoms with Gasteiger partial charge in [0.1, 0.15) is 6.54 Å². The van der Waals surface area contributed by atoms with Crippen molar-refractivity contribution in [1.29, 1.82) is 5.26 Å². The summed E-state index contributed by atoms with van der Waals surface area (Å²) in [6.07, 6.45) is 0. The zero-order chi connectivity index (χ0) is 21.9. The Kier molecular flexibility index (Phi) is 9.04. The summed E-state index contributed by atoms with van der Waals surface area (Å²) in [5, 5.41) is 8.98. The van der Waals surface area contributed by atoms with Crippen LogP contribution in [0.3, 0.4) is 0 Å². The van der Waals surface area contributed by atoms with E-state index in [1.807, 2.05) is 30.3 Å². The van der Waals surface area contributed by atoms with Crippen LogP contribution in [0.5, 0.6) is 0 Å². The number of rotatable bonds is 10. The molecule has 0 bridgehead atoms. The summed E-state index contributed by atoms with van der Waals surface area (Å²) in [7, 11) is 1.75. The quantitative estimate of drug-likeness (QED) is 0.608. The molecule has 2 amide bonds. The van der Waals surface area contributed by atoms with Gasteiger partial charge < -0.3 is 14.7 Å². The summed E-state index contributed by atoms with van der Waals surface area (Å²) in [6.45, 7) is 7.60. The molecule has 0 unspecified atom stereocenters. The van der Waals surface area contributed by atoms with Crippen LogP contribution in [0.2, 0.25) is 0 Å². The minimum Gasteiger partial charge on any atom is -0.340 e. The first-order valence-electron chi connectivity index (χ1n) is 10.3. The Balaban J connectivity index is 2.12. The molecule has 30 heavy (non-hydrogen) atoms. The van der Waals surface area contributed by atoms with Crippen molar-refractivity contribution >= 4 is 11.8 Å². The molecule has 0 atom stereocenters. The number of nitrogens with zero attached hydrogens (tertiary/aromatic N) is 4. The molecule has 0 radical (unpaired) electrons. The Morgan fingerprint density at radius 3 is 2.13 bits per heavy atom. The van der Waals surface area contributed by atoms with Crippen LogP contribution in [0.25, 0.3) is 0 Å². The molecule has 0 aliphatic rings. The minimum atomic E-state index is -0.201. The topological polar surface area (TPSA) is 67.7 Å². The van der Waals surface area contributed by atoms with E-state index in [0.717, 1.165) is 18.7 Å². The molecule has 0 heterocycles. The lowest BCUT2D eigenvalue weighted by atomic mass is 10.1. The maximum Gasteiger partial charge on any atom is 0.254 e. The maximum atomic E-state index is 13.1. The lowest BCUT2D eigenvalue weighted by Crippen LogP contribution is -2.44. The number of nitriles is 1. The molecule has 2 rings (SSSR count). The van der Waals surface area contributed by atoms with E-state index in [1.165, 1.54) is 0 Å². The predicted octanol–water partition coefficient (Wildman–Crippen LogP) is 3.00. The summed E-state index contributed by atoms with van der Waals surface area (Å²) in [5.41, 5.74) is 2.02. The van der Waals surface area contributed by atoms with E-state index in [0.29, 0.717) is 30.8 Å². The standard InChI is InChI=1S/C24H30N4O2/c1-4-27(5-2)15-16-28(24(30)22-13-11-20(17-25)12-14-22)19-23(29)26(3)18-21-9-7-6-8-10-21/h6-14H,4-5,15-16,18-19H2,1-3H3. The molecule has 2 aromatic carbocycles. The average Bonchev–Trinajstić information content (AvgIpc) is 2.79. The van der Waals surface area contributed by atoms with Gasteiger partial charge in [0.05, 0.1) is 11.6 Å². The van der Waals surface area contributed by atoms with Crippen molar-refractivity contribution in [2.75, 3.05) is 39.8 Å². The molecule has 0 saturated carbocycles. The average molecular weight is 407 g/mol. The van der Waals surface area contributed by atoms with Crippen molar-refractivity contribution in [3.05, 3.63) is 71.3 Å². The van der Waals surface area contributed by atoms with Crippen LogP contribution in [0.1, 0.15) is 35.3 Å². The Hall–Kier alpha value is -3.17. The van der Waals surface area contributed by atoms with Crippen LogP contribution in [-0.4, -0.2) is 66.3 Å². The third kappa shape index (κ3) is 6.71. The highest BCUT2D eigenvalue weighted by Crippen LogP contribution is 2.09. The van der Waals surface area contributed by atoms with E-state index < -0.39 is 0 Å². The fraction of sp³-hybridized carbons (Fsp3) is 0.375. The van der Waals surface area contributed by atoms with Gasteiger partial charge in [-0.3, -0.25) is 9.59 Å². The molecule has 0 spiro atoms. The molecule has 6 heteroatoms. The van der Waals surface area contributed by atoms with Gasteiger partial charge in [-0.05, 0) is 42.9 Å². The lowest BCUT2D eigenvalue weighted by molar-refractivity contribution is -0.131. The van der Waals surface area contributed by atoms with E-state index in [-0.39, 0.29) is 18.4 Å². The van der Waals surface area contributed by atoms with Crippen molar-refractivity contribution in [2.24, 2.45) is 0 Å². The molecule has 158 valence electrons. The fourth-order valence-corrected chi connectivity index (χ4v) is 3.15. The van der Waals surface area contributed by atoms with Crippen molar-refractivity contribution < 1.29 is 9.59 Å². The molecule has 0 fully saturated rings. The molecule has 6 nitrogen and oxygen atoms in total. The van der Waals surface area contributed by atoms with Gasteiger partial charge in [0.15, 0.2) is 0 Å². The van der Waals surface area contributed by atoms with Crippen molar-refractivity contribution in [3.8, 4) is 6.07 Å². The predicted molar refractivity (Wildman–Crippen MR) is 118 cm³/mol.